The van der Waals surface area contributed by atoms with E-state index in [1.165, 1.54) is 57.4 Å². The summed E-state index contributed by atoms with van der Waals surface area (Å²) in [7, 11) is 2.42. The molecule has 128 valence electrons. The Morgan fingerprint density at radius 1 is 0.833 bits per heavy atom. The molecule has 1 saturated heterocycles. The van der Waals surface area contributed by atoms with E-state index < -0.39 is 13.3 Å². The molecule has 24 heavy (non-hydrogen) atoms. The van der Waals surface area contributed by atoms with Gasteiger partial charge in [-0.25, -0.2) is 0 Å². The summed E-state index contributed by atoms with van der Waals surface area (Å²) in [6, 6.07) is 21.7. The van der Waals surface area contributed by atoms with Crippen LogP contribution in [0.3, 0.4) is 0 Å². The Bertz CT molecular complexity index is 583. The molecule has 0 spiro atoms. The van der Waals surface area contributed by atoms with Gasteiger partial charge in [0.15, 0.2) is 0 Å². The number of quaternary nitrogens is 1. The van der Waals surface area contributed by atoms with E-state index in [-0.39, 0.29) is 0 Å². The van der Waals surface area contributed by atoms with Crippen LogP contribution in [0, 0.1) is 0 Å². The molecular formula is C21H30GeNO+. The normalized spacial score (nSPS) is 17.6. The third-order valence-electron chi connectivity index (χ3n) is 5.90. The zero-order chi connectivity index (χ0) is 16.9. The van der Waals surface area contributed by atoms with Crippen molar-refractivity contribution in [1.82, 2.24) is 0 Å². The molecule has 0 bridgehead atoms. The Balaban J connectivity index is 1.93. The standard InChI is InChI=1S/C21H30GeNO/c1-23(16-9-4-10-17-23)18-15-22(19-24,20-11-5-2-6-12-20)21-13-7-3-8-14-21/h2-3,5-8,11-14,24H,4,9-10,15-19H2,1H3/q+1. The number of benzene rings is 2. The van der Waals surface area contributed by atoms with Gasteiger partial charge in [0.2, 0.25) is 0 Å². The number of piperidine rings is 1. The Kier molecular flexibility index (Phi) is 5.80. The number of aliphatic hydroxyl groups is 1. The molecule has 0 radical (unpaired) electrons. The van der Waals surface area contributed by atoms with Crippen LogP contribution in [0.2, 0.25) is 5.25 Å². The average molecular weight is 385 g/mol. The molecule has 1 fully saturated rings. The molecule has 1 heterocycles. The Labute approximate surface area is 149 Å². The van der Waals surface area contributed by atoms with Crippen molar-refractivity contribution < 1.29 is 9.59 Å². The van der Waals surface area contributed by atoms with E-state index in [9.17, 15) is 5.11 Å². The van der Waals surface area contributed by atoms with Crippen molar-refractivity contribution in [2.45, 2.75) is 24.5 Å². The fraction of sp³-hybridized carbons (Fsp3) is 0.429. The summed E-state index contributed by atoms with van der Waals surface area (Å²) in [4.78, 5) is 0. The van der Waals surface area contributed by atoms with Gasteiger partial charge in [-0.2, -0.15) is 0 Å². The van der Waals surface area contributed by atoms with Crippen molar-refractivity contribution in [3.8, 4) is 0 Å². The first-order valence-electron chi connectivity index (χ1n) is 9.24. The third kappa shape index (κ3) is 3.76. The summed E-state index contributed by atoms with van der Waals surface area (Å²) >= 11 is -2.75. The fourth-order valence-electron chi connectivity index (χ4n) is 4.19. The second-order valence-electron chi connectivity index (χ2n) is 7.57. The second-order valence-corrected chi connectivity index (χ2v) is 16.2. The Morgan fingerprint density at radius 2 is 1.33 bits per heavy atom. The molecule has 3 heteroatoms. The van der Waals surface area contributed by atoms with Crippen LogP contribution in [-0.2, 0) is 0 Å². The van der Waals surface area contributed by atoms with Crippen molar-refractivity contribution in [3.63, 3.8) is 0 Å². The van der Waals surface area contributed by atoms with Gasteiger partial charge >= 0.3 is 149 Å². The minimum absolute atomic E-state index is 0.341. The molecule has 3 rings (SSSR count). The Morgan fingerprint density at radius 3 is 1.79 bits per heavy atom. The zero-order valence-corrected chi connectivity index (χ0v) is 16.9. The van der Waals surface area contributed by atoms with Gasteiger partial charge in [0.25, 0.3) is 0 Å². The predicted octanol–water partition coefficient (Wildman–Crippen LogP) is 2.41. The molecular weight excluding hydrogens is 355 g/mol. The van der Waals surface area contributed by atoms with Gasteiger partial charge in [-0.15, -0.1) is 0 Å². The monoisotopic (exact) mass is 386 g/mol. The van der Waals surface area contributed by atoms with Crippen molar-refractivity contribution in [3.05, 3.63) is 60.7 Å². The number of nitrogens with zero attached hydrogens (tertiary/aromatic N) is 1. The SMILES string of the molecule is C[N+]1(C[CH2][Ge]([CH2]O)([c]2ccccc2)[c]2ccccc2)CCCCC1. The molecule has 0 atom stereocenters. The average Bonchev–Trinajstić information content (AvgIpc) is 2.65. The van der Waals surface area contributed by atoms with Crippen LogP contribution in [-0.4, -0.2) is 55.0 Å². The number of aliphatic hydroxyl groups excluding tert-OH is 1. The first-order valence-corrected chi connectivity index (χ1v) is 14.3. The summed E-state index contributed by atoms with van der Waals surface area (Å²) in [5.41, 5.74) is 0.341. The fourth-order valence-corrected chi connectivity index (χ4v) is 12.6. The van der Waals surface area contributed by atoms with Gasteiger partial charge in [0.1, 0.15) is 0 Å². The summed E-state index contributed by atoms with van der Waals surface area (Å²) in [5, 5.41) is 11.7. The summed E-state index contributed by atoms with van der Waals surface area (Å²) in [5.74, 6) is 0. The quantitative estimate of drug-likeness (QED) is 0.599. The van der Waals surface area contributed by atoms with E-state index in [1.807, 2.05) is 0 Å². The topological polar surface area (TPSA) is 20.2 Å². The van der Waals surface area contributed by atoms with E-state index in [2.05, 4.69) is 67.7 Å². The molecule has 2 aromatic rings. The first-order chi connectivity index (χ1) is 11.7. The molecule has 0 saturated carbocycles. The van der Waals surface area contributed by atoms with Crippen LogP contribution in [0.4, 0.5) is 0 Å². The van der Waals surface area contributed by atoms with Crippen molar-refractivity contribution in [2.24, 2.45) is 0 Å². The summed E-state index contributed by atoms with van der Waals surface area (Å²) in [6.07, 6.45) is 4.09. The van der Waals surface area contributed by atoms with Crippen LogP contribution < -0.4 is 8.79 Å². The third-order valence-corrected chi connectivity index (χ3v) is 15.3. The molecule has 0 aliphatic carbocycles. The summed E-state index contributed by atoms with van der Waals surface area (Å²) in [6.45, 7) is 3.80. The summed E-state index contributed by atoms with van der Waals surface area (Å²) < 4.78 is 4.01. The number of hydrogen-bond donors (Lipinski definition) is 1. The Hall–Kier alpha value is -1.10. The predicted molar refractivity (Wildman–Crippen MR) is 104 cm³/mol. The van der Waals surface area contributed by atoms with E-state index in [4.69, 9.17) is 0 Å². The number of rotatable bonds is 6. The maximum atomic E-state index is 10.6. The van der Waals surface area contributed by atoms with Crippen molar-refractivity contribution in [1.29, 1.82) is 0 Å². The van der Waals surface area contributed by atoms with Crippen LogP contribution >= 0.6 is 0 Å². The molecule has 2 aromatic carbocycles. The molecule has 0 unspecified atom stereocenters. The van der Waals surface area contributed by atoms with Gasteiger partial charge in [-0.3, -0.25) is 0 Å². The van der Waals surface area contributed by atoms with E-state index in [1.54, 1.807) is 0 Å². The van der Waals surface area contributed by atoms with Crippen LogP contribution in [0.5, 0.6) is 0 Å². The van der Waals surface area contributed by atoms with Gasteiger partial charge in [-0.1, -0.05) is 0 Å². The number of likely N-dealkylation sites (tertiary alicyclic amines) is 1. The molecule has 0 amide bonds. The van der Waals surface area contributed by atoms with E-state index >= 15 is 0 Å². The van der Waals surface area contributed by atoms with Crippen LogP contribution in [0.15, 0.2) is 60.7 Å². The van der Waals surface area contributed by atoms with Gasteiger partial charge in [0, 0.05) is 0 Å². The zero-order valence-electron chi connectivity index (χ0n) is 14.8. The van der Waals surface area contributed by atoms with Crippen LogP contribution in [0.1, 0.15) is 19.3 Å². The van der Waals surface area contributed by atoms with Crippen LogP contribution in [0.25, 0.3) is 0 Å². The molecule has 1 aliphatic rings. The maximum absolute atomic E-state index is 10.6. The van der Waals surface area contributed by atoms with Gasteiger partial charge in [-0.05, 0) is 0 Å². The minimum atomic E-state index is -2.75. The van der Waals surface area contributed by atoms with Gasteiger partial charge in [0.05, 0.1) is 0 Å². The van der Waals surface area contributed by atoms with Crippen molar-refractivity contribution in [2.75, 3.05) is 32.1 Å². The van der Waals surface area contributed by atoms with E-state index in [0.717, 1.165) is 0 Å². The van der Waals surface area contributed by atoms with Gasteiger partial charge < -0.3 is 0 Å². The van der Waals surface area contributed by atoms with Crippen molar-refractivity contribution >= 4 is 22.1 Å². The molecule has 2 nitrogen and oxygen atoms in total. The molecule has 1 aliphatic heterocycles. The molecule has 1 N–H and O–H groups in total. The van der Waals surface area contributed by atoms with E-state index in [0.29, 0.717) is 5.44 Å². The molecule has 0 aromatic heterocycles. The number of hydrogen-bond acceptors (Lipinski definition) is 1. The second kappa shape index (κ2) is 7.86. The first kappa shape index (κ1) is 17.7.